The van der Waals surface area contributed by atoms with Crippen LogP contribution in [0.25, 0.3) is 0 Å². The second-order valence-electron chi connectivity index (χ2n) is 5.47. The lowest BCUT2D eigenvalue weighted by Gasteiger charge is -2.09. The number of allylic oxidation sites excluding steroid dienone is 1. The van der Waals surface area contributed by atoms with E-state index in [-0.39, 0.29) is 11.8 Å². The maximum Gasteiger partial charge on any atom is 0.250 e. The molecule has 1 aromatic rings. The van der Waals surface area contributed by atoms with E-state index in [0.29, 0.717) is 23.6 Å². The molecule has 2 amide bonds. The topological polar surface area (TPSA) is 58.2 Å². The van der Waals surface area contributed by atoms with Crippen molar-refractivity contribution in [2.45, 2.75) is 40.5 Å². The highest BCUT2D eigenvalue weighted by Gasteiger charge is 2.06. The van der Waals surface area contributed by atoms with E-state index in [1.807, 2.05) is 26.8 Å². The molecule has 0 atom stereocenters. The summed E-state index contributed by atoms with van der Waals surface area (Å²) >= 11 is 0. The van der Waals surface area contributed by atoms with Crippen molar-refractivity contribution in [3.63, 3.8) is 0 Å². The lowest BCUT2D eigenvalue weighted by atomic mass is 10.1. The minimum absolute atomic E-state index is 0.00325. The summed E-state index contributed by atoms with van der Waals surface area (Å²) in [5, 5.41) is 5.65. The van der Waals surface area contributed by atoms with E-state index >= 15 is 0 Å². The molecule has 21 heavy (non-hydrogen) atoms. The summed E-state index contributed by atoms with van der Waals surface area (Å²) in [5.74, 6) is 0.230. The van der Waals surface area contributed by atoms with Crippen molar-refractivity contribution < 1.29 is 9.59 Å². The zero-order chi connectivity index (χ0) is 15.8. The lowest BCUT2D eigenvalue weighted by molar-refractivity contribution is -0.117. The number of hydrogen-bond donors (Lipinski definition) is 2. The number of anilines is 2. The Morgan fingerprint density at radius 3 is 2.10 bits per heavy atom. The number of hydrogen-bond acceptors (Lipinski definition) is 2. The van der Waals surface area contributed by atoms with Gasteiger partial charge in [0.1, 0.15) is 0 Å². The van der Waals surface area contributed by atoms with Gasteiger partial charge in [0.15, 0.2) is 0 Å². The quantitative estimate of drug-likeness (QED) is 0.778. The monoisotopic (exact) mass is 288 g/mol. The molecule has 0 aliphatic rings. The molecule has 4 heteroatoms. The van der Waals surface area contributed by atoms with Crippen LogP contribution in [0.4, 0.5) is 11.4 Å². The van der Waals surface area contributed by atoms with Gasteiger partial charge in [0.05, 0.1) is 0 Å². The predicted molar refractivity (Wildman–Crippen MR) is 87.2 cm³/mol. The van der Waals surface area contributed by atoms with Gasteiger partial charge in [-0.05, 0) is 43.5 Å². The van der Waals surface area contributed by atoms with Crippen LogP contribution in [0.5, 0.6) is 0 Å². The highest BCUT2D eigenvalue weighted by atomic mass is 16.2. The van der Waals surface area contributed by atoms with Crippen LogP contribution in [0.3, 0.4) is 0 Å². The van der Waals surface area contributed by atoms with Gasteiger partial charge in [-0.3, -0.25) is 9.59 Å². The number of amides is 2. The third-order valence-electron chi connectivity index (χ3n) is 2.89. The second kappa shape index (κ2) is 8.25. The maximum atomic E-state index is 11.8. The molecule has 0 aromatic heterocycles. The third-order valence-corrected chi connectivity index (χ3v) is 2.89. The van der Waals surface area contributed by atoms with Crippen molar-refractivity contribution in [3.05, 3.63) is 35.9 Å². The fourth-order valence-corrected chi connectivity index (χ4v) is 1.85. The Kier molecular flexibility index (Phi) is 6.66. The van der Waals surface area contributed by atoms with Gasteiger partial charge in [-0.15, -0.1) is 0 Å². The van der Waals surface area contributed by atoms with Crippen LogP contribution >= 0.6 is 0 Å². The summed E-state index contributed by atoms with van der Waals surface area (Å²) in [7, 11) is 0. The first-order valence-electron chi connectivity index (χ1n) is 7.30. The van der Waals surface area contributed by atoms with Crippen molar-refractivity contribution in [2.75, 3.05) is 10.6 Å². The Balaban J connectivity index is 2.60. The molecule has 0 saturated carbocycles. The lowest BCUT2D eigenvalue weighted by Crippen LogP contribution is -2.14. The standard InChI is InChI=1S/C17H24N2O2/c1-5-6-13(4)17(21)19-15-9-7-14(8-10-15)18-16(20)11-12(2)3/h6-10,12H,5,11H2,1-4H3,(H,18,20)(H,19,21)/b13-6-. The smallest absolute Gasteiger partial charge is 0.250 e. The first-order chi connectivity index (χ1) is 9.92. The molecule has 114 valence electrons. The second-order valence-corrected chi connectivity index (χ2v) is 5.47. The first kappa shape index (κ1) is 17.0. The molecule has 1 aromatic carbocycles. The summed E-state index contributed by atoms with van der Waals surface area (Å²) in [4.78, 5) is 23.5. The van der Waals surface area contributed by atoms with Gasteiger partial charge in [0, 0.05) is 23.4 Å². The zero-order valence-electron chi connectivity index (χ0n) is 13.2. The molecule has 0 spiro atoms. The molecule has 4 nitrogen and oxygen atoms in total. The van der Waals surface area contributed by atoms with Gasteiger partial charge >= 0.3 is 0 Å². The fraction of sp³-hybridized carbons (Fsp3) is 0.412. The Morgan fingerprint density at radius 1 is 1.10 bits per heavy atom. The molecule has 0 aliphatic carbocycles. The molecular weight excluding hydrogens is 264 g/mol. The van der Waals surface area contributed by atoms with E-state index in [0.717, 1.165) is 12.1 Å². The maximum absolute atomic E-state index is 11.8. The van der Waals surface area contributed by atoms with Crippen LogP contribution < -0.4 is 10.6 Å². The highest BCUT2D eigenvalue weighted by molar-refractivity contribution is 6.03. The van der Waals surface area contributed by atoms with Crippen molar-refractivity contribution in [2.24, 2.45) is 5.92 Å². The van der Waals surface area contributed by atoms with E-state index in [1.165, 1.54) is 0 Å². The van der Waals surface area contributed by atoms with E-state index in [2.05, 4.69) is 10.6 Å². The van der Waals surface area contributed by atoms with Crippen LogP contribution in [0.1, 0.15) is 40.5 Å². The third kappa shape index (κ3) is 6.25. The number of benzene rings is 1. The summed E-state index contributed by atoms with van der Waals surface area (Å²) in [5.41, 5.74) is 2.15. The minimum atomic E-state index is -0.103. The summed E-state index contributed by atoms with van der Waals surface area (Å²) in [6.07, 6.45) is 3.22. The van der Waals surface area contributed by atoms with Crippen molar-refractivity contribution in [1.29, 1.82) is 0 Å². The van der Waals surface area contributed by atoms with Crippen LogP contribution in [0, 0.1) is 5.92 Å². The molecule has 1 rings (SSSR count). The van der Waals surface area contributed by atoms with Gasteiger partial charge in [-0.1, -0.05) is 26.8 Å². The number of carbonyl (C=O) groups excluding carboxylic acids is 2. The summed E-state index contributed by atoms with van der Waals surface area (Å²) in [6, 6.07) is 7.13. The average molecular weight is 288 g/mol. The van der Waals surface area contributed by atoms with E-state index in [1.54, 1.807) is 31.2 Å². The first-order valence-corrected chi connectivity index (χ1v) is 7.30. The van der Waals surface area contributed by atoms with Crippen LogP contribution in [0.15, 0.2) is 35.9 Å². The van der Waals surface area contributed by atoms with E-state index in [4.69, 9.17) is 0 Å². The van der Waals surface area contributed by atoms with E-state index in [9.17, 15) is 9.59 Å². The molecule has 2 N–H and O–H groups in total. The van der Waals surface area contributed by atoms with Gasteiger partial charge in [-0.2, -0.15) is 0 Å². The predicted octanol–water partition coefficient (Wildman–Crippen LogP) is 3.97. The number of rotatable bonds is 6. The number of carbonyl (C=O) groups is 2. The Bertz CT molecular complexity index is 516. The van der Waals surface area contributed by atoms with Crippen LogP contribution in [-0.2, 0) is 9.59 Å². The number of nitrogens with one attached hydrogen (secondary N) is 2. The fourth-order valence-electron chi connectivity index (χ4n) is 1.85. The molecule has 0 saturated heterocycles. The largest absolute Gasteiger partial charge is 0.326 e. The molecule has 0 radical (unpaired) electrons. The summed E-state index contributed by atoms with van der Waals surface area (Å²) < 4.78 is 0. The Hall–Kier alpha value is -2.10. The van der Waals surface area contributed by atoms with Crippen molar-refractivity contribution >= 4 is 23.2 Å². The highest BCUT2D eigenvalue weighted by Crippen LogP contribution is 2.15. The molecule has 0 unspecified atom stereocenters. The Labute approximate surface area is 126 Å². The average Bonchev–Trinajstić information content (AvgIpc) is 2.40. The zero-order valence-corrected chi connectivity index (χ0v) is 13.2. The van der Waals surface area contributed by atoms with Gasteiger partial charge in [0.2, 0.25) is 5.91 Å². The minimum Gasteiger partial charge on any atom is -0.326 e. The Morgan fingerprint density at radius 2 is 1.62 bits per heavy atom. The van der Waals surface area contributed by atoms with Gasteiger partial charge in [0.25, 0.3) is 5.91 Å². The van der Waals surface area contributed by atoms with Gasteiger partial charge < -0.3 is 10.6 Å². The van der Waals surface area contributed by atoms with Crippen molar-refractivity contribution in [3.8, 4) is 0 Å². The normalized spacial score (nSPS) is 11.4. The van der Waals surface area contributed by atoms with Crippen LogP contribution in [0.2, 0.25) is 0 Å². The molecule has 0 fully saturated rings. The molecule has 0 aliphatic heterocycles. The molecule has 0 bridgehead atoms. The van der Waals surface area contributed by atoms with Crippen molar-refractivity contribution in [1.82, 2.24) is 0 Å². The molecule has 0 heterocycles. The summed E-state index contributed by atoms with van der Waals surface area (Å²) in [6.45, 7) is 7.79. The molecular formula is C17H24N2O2. The SMILES string of the molecule is CC/C=C(/C)C(=O)Nc1ccc(NC(=O)CC(C)C)cc1. The van der Waals surface area contributed by atoms with E-state index < -0.39 is 0 Å². The van der Waals surface area contributed by atoms with Crippen LogP contribution in [-0.4, -0.2) is 11.8 Å². The van der Waals surface area contributed by atoms with Gasteiger partial charge in [-0.25, -0.2) is 0 Å².